The predicted octanol–water partition coefficient (Wildman–Crippen LogP) is 7.55. The number of fused-ring (bicyclic) bond motifs is 2. The van der Waals surface area contributed by atoms with E-state index in [1.807, 2.05) is 42.6 Å². The van der Waals surface area contributed by atoms with Crippen molar-refractivity contribution >= 4 is 10.8 Å². The van der Waals surface area contributed by atoms with E-state index in [2.05, 4.69) is 56.9 Å². The average Bonchev–Trinajstić information content (AvgIpc) is 3.07. The number of benzene rings is 2. The van der Waals surface area contributed by atoms with Crippen LogP contribution in [-0.4, -0.2) is 27.4 Å². The fraction of sp³-hybridized carbons (Fsp3) is 0.545. The van der Waals surface area contributed by atoms with Crippen LogP contribution >= 0.6 is 0 Å². The van der Waals surface area contributed by atoms with Crippen molar-refractivity contribution in [1.29, 1.82) is 0 Å². The first-order valence-corrected chi connectivity index (χ1v) is 14.1. The van der Waals surface area contributed by atoms with Crippen molar-refractivity contribution in [3.8, 4) is 11.3 Å². The number of aliphatic hydroxyl groups is 2. The number of hydrogen-bond acceptors (Lipinski definition) is 3. The molecule has 1 heterocycles. The Morgan fingerprint density at radius 2 is 1.59 bits per heavy atom. The van der Waals surface area contributed by atoms with Gasteiger partial charge < -0.3 is 15.2 Å². The molecule has 3 aromatic rings. The first-order chi connectivity index (χ1) is 17.4. The summed E-state index contributed by atoms with van der Waals surface area (Å²) < 4.78 is 0. The van der Waals surface area contributed by atoms with Crippen molar-refractivity contribution in [2.75, 3.05) is 0 Å². The van der Waals surface area contributed by atoms with Gasteiger partial charge in [0.25, 0.3) is 0 Å². The Labute approximate surface area is 237 Å². The van der Waals surface area contributed by atoms with Gasteiger partial charge in [0.1, 0.15) is 0 Å². The third-order valence-corrected chi connectivity index (χ3v) is 9.04. The van der Waals surface area contributed by atoms with E-state index in [1.165, 1.54) is 30.0 Å². The van der Waals surface area contributed by atoms with Gasteiger partial charge in [-0.25, -0.2) is 0 Å². The quantitative estimate of drug-likeness (QED) is 0.280. The Morgan fingerprint density at radius 3 is 2.27 bits per heavy atom. The Balaban J connectivity index is 0.000000204. The molecule has 2 aliphatic rings. The van der Waals surface area contributed by atoms with Gasteiger partial charge in [-0.2, -0.15) is 0 Å². The Morgan fingerprint density at radius 1 is 0.892 bits per heavy atom. The van der Waals surface area contributed by atoms with E-state index >= 15 is 0 Å². The summed E-state index contributed by atoms with van der Waals surface area (Å²) in [6.07, 6.45) is 8.36. The van der Waals surface area contributed by atoms with Crippen molar-refractivity contribution in [3.05, 3.63) is 66.9 Å². The van der Waals surface area contributed by atoms with Gasteiger partial charge in [-0.3, -0.25) is 0 Å². The second kappa shape index (κ2) is 14.0. The summed E-state index contributed by atoms with van der Waals surface area (Å²) >= 11 is 0. The number of aromatic nitrogens is 1. The zero-order valence-corrected chi connectivity index (χ0v) is 25.2. The number of pyridine rings is 1. The zero-order chi connectivity index (χ0) is 25.7. The van der Waals surface area contributed by atoms with E-state index in [9.17, 15) is 10.2 Å². The van der Waals surface area contributed by atoms with Crippen molar-refractivity contribution in [2.45, 2.75) is 78.4 Å². The summed E-state index contributed by atoms with van der Waals surface area (Å²) in [7, 11) is 0. The van der Waals surface area contributed by atoms with Crippen LogP contribution in [0.5, 0.6) is 0 Å². The molecule has 5 rings (SSSR count). The fourth-order valence-corrected chi connectivity index (χ4v) is 6.66. The number of hydrogen-bond donors (Lipinski definition) is 2. The molecule has 203 valence electrons. The minimum atomic E-state index is -0.298. The molecule has 2 aromatic carbocycles. The van der Waals surface area contributed by atoms with E-state index in [0.717, 1.165) is 30.5 Å². The number of nitrogens with zero attached hydrogens (tertiary/aromatic N) is 1. The second-order valence-electron chi connectivity index (χ2n) is 11.5. The molecule has 2 fully saturated rings. The average molecular weight is 679 g/mol. The molecule has 3 nitrogen and oxygen atoms in total. The largest absolute Gasteiger partial charge is 0.392 e. The third-order valence-electron chi connectivity index (χ3n) is 9.04. The van der Waals surface area contributed by atoms with Gasteiger partial charge in [-0.1, -0.05) is 70.9 Å². The van der Waals surface area contributed by atoms with E-state index in [-0.39, 0.29) is 38.2 Å². The molecule has 0 amide bonds. The van der Waals surface area contributed by atoms with Gasteiger partial charge in [0.05, 0.1) is 12.2 Å². The van der Waals surface area contributed by atoms with Crippen molar-refractivity contribution in [3.63, 3.8) is 0 Å². The normalized spacial score (nSPS) is 28.3. The van der Waals surface area contributed by atoms with Crippen LogP contribution in [-0.2, 0) is 20.1 Å². The van der Waals surface area contributed by atoms with E-state index in [0.29, 0.717) is 29.6 Å². The number of aliphatic hydroxyl groups excluding tert-OH is 2. The van der Waals surface area contributed by atoms with Crippen molar-refractivity contribution < 1.29 is 30.3 Å². The van der Waals surface area contributed by atoms with E-state index in [4.69, 9.17) is 0 Å². The maximum Gasteiger partial charge on any atom is 0.0626 e. The monoisotopic (exact) mass is 679 g/mol. The molecular weight excluding hydrogens is 635 g/mol. The molecule has 0 bridgehead atoms. The third kappa shape index (κ3) is 7.09. The summed E-state index contributed by atoms with van der Waals surface area (Å²) in [6.45, 7) is 8.91. The van der Waals surface area contributed by atoms with Crippen LogP contribution in [0, 0.1) is 41.6 Å². The van der Waals surface area contributed by atoms with Crippen LogP contribution < -0.4 is 0 Å². The molecule has 2 aliphatic carbocycles. The molecule has 2 N–H and O–H groups in total. The van der Waals surface area contributed by atoms with Crippen LogP contribution in [0.3, 0.4) is 0 Å². The first-order valence-electron chi connectivity index (χ1n) is 14.1. The van der Waals surface area contributed by atoms with Gasteiger partial charge in [-0.05, 0) is 71.7 Å². The molecular formula is C33H44IrNO2-. The zero-order valence-electron chi connectivity index (χ0n) is 22.8. The summed E-state index contributed by atoms with van der Waals surface area (Å²) in [5.41, 5.74) is 2.01. The molecule has 2 saturated carbocycles. The van der Waals surface area contributed by atoms with Crippen LogP contribution in [0.2, 0.25) is 0 Å². The van der Waals surface area contributed by atoms with Crippen LogP contribution in [0.25, 0.3) is 22.0 Å². The fourth-order valence-electron chi connectivity index (χ4n) is 6.66. The van der Waals surface area contributed by atoms with Crippen LogP contribution in [0.1, 0.15) is 66.2 Å². The number of rotatable bonds is 4. The molecule has 0 spiro atoms. The SMILES string of the molecule is CCC(C)[C@H]1CCCC2CC[C@H](C(C)C)C(O)C2C1O.[Ir].[c-]1ccccc1-c1cc2ccccc2cn1. The van der Waals surface area contributed by atoms with Gasteiger partial charge in [0.2, 0.25) is 0 Å². The predicted molar refractivity (Wildman–Crippen MR) is 149 cm³/mol. The van der Waals surface area contributed by atoms with Gasteiger partial charge >= 0.3 is 0 Å². The second-order valence-corrected chi connectivity index (χ2v) is 11.5. The van der Waals surface area contributed by atoms with Crippen LogP contribution in [0.4, 0.5) is 0 Å². The minimum absolute atomic E-state index is 0. The minimum Gasteiger partial charge on any atom is -0.392 e. The smallest absolute Gasteiger partial charge is 0.0626 e. The van der Waals surface area contributed by atoms with Gasteiger partial charge in [-0.15, -0.1) is 35.9 Å². The molecule has 5 unspecified atom stereocenters. The van der Waals surface area contributed by atoms with Gasteiger partial charge in [0, 0.05) is 32.2 Å². The Bertz CT molecular complexity index is 1090. The molecule has 0 aliphatic heterocycles. The molecule has 0 saturated heterocycles. The molecule has 37 heavy (non-hydrogen) atoms. The van der Waals surface area contributed by atoms with Crippen LogP contribution in [0.15, 0.2) is 60.8 Å². The van der Waals surface area contributed by atoms with E-state index in [1.54, 1.807) is 0 Å². The molecule has 1 radical (unpaired) electrons. The standard InChI is InChI=1S/C18H34O2.C15H10N.Ir/c1-5-12(4)15-8-6-7-13-9-10-14(11(2)3)17(19)16(13)18(15)20;1-2-6-12(7-3-1)15-10-13-8-4-5-9-14(13)11-16-15;/h11-20H,5-10H2,1-4H3;1-6,8-11H;/q;-1;/t12?,13?,14-,15-,16?,17?,18?;;/m1../s1. The summed E-state index contributed by atoms with van der Waals surface area (Å²) in [4.78, 5) is 4.45. The van der Waals surface area contributed by atoms with Crippen molar-refractivity contribution in [1.82, 2.24) is 4.98 Å². The van der Waals surface area contributed by atoms with Crippen molar-refractivity contribution in [2.24, 2.45) is 35.5 Å². The Hall–Kier alpha value is -1.58. The molecule has 1 aromatic heterocycles. The maximum absolute atomic E-state index is 11.0. The topological polar surface area (TPSA) is 53.4 Å². The summed E-state index contributed by atoms with van der Waals surface area (Å²) in [5.74, 6) is 2.51. The summed E-state index contributed by atoms with van der Waals surface area (Å²) in [5, 5.41) is 24.2. The van der Waals surface area contributed by atoms with Gasteiger partial charge in [0.15, 0.2) is 0 Å². The Kier molecular flexibility index (Phi) is 11.3. The molecule has 4 heteroatoms. The summed E-state index contributed by atoms with van der Waals surface area (Å²) in [6, 6.07) is 21.4. The maximum atomic E-state index is 11.0. The van der Waals surface area contributed by atoms with E-state index < -0.39 is 0 Å². The molecule has 7 atom stereocenters. The first kappa shape index (κ1) is 30.0.